The van der Waals surface area contributed by atoms with Crippen molar-refractivity contribution in [1.82, 2.24) is 14.7 Å². The van der Waals surface area contributed by atoms with Gasteiger partial charge in [-0.2, -0.15) is 18.3 Å². The predicted molar refractivity (Wildman–Crippen MR) is 133 cm³/mol. The van der Waals surface area contributed by atoms with Crippen molar-refractivity contribution < 1.29 is 91.2 Å². The van der Waals surface area contributed by atoms with Crippen LogP contribution in [-0.2, 0) is 30.6 Å². The van der Waals surface area contributed by atoms with Gasteiger partial charge in [0.2, 0.25) is 5.91 Å². The van der Waals surface area contributed by atoms with E-state index in [9.17, 15) is 22.4 Å². The largest absolute Gasteiger partial charge is 1.00 e. The molecule has 0 saturated heterocycles. The van der Waals surface area contributed by atoms with Gasteiger partial charge in [0, 0.05) is 35.3 Å². The molecule has 4 rings (SSSR count). The van der Waals surface area contributed by atoms with Crippen molar-refractivity contribution in [3.63, 3.8) is 0 Å². The summed E-state index contributed by atoms with van der Waals surface area (Å²) < 4.78 is 54.0. The van der Waals surface area contributed by atoms with Crippen molar-refractivity contribution in [1.29, 1.82) is 0 Å². The Hall–Kier alpha value is -1.04. The Kier molecular flexibility index (Phi) is 14.9. The Morgan fingerprint density at radius 1 is 1.25 bits per heavy atom. The van der Waals surface area contributed by atoms with Crippen LogP contribution in [0.4, 0.5) is 17.6 Å². The quantitative estimate of drug-likeness (QED) is 0.183. The zero-order chi connectivity index (χ0) is 25.6. The second kappa shape index (κ2) is 15.4. The Morgan fingerprint density at radius 2 is 1.86 bits per heavy atom. The summed E-state index contributed by atoms with van der Waals surface area (Å²) in [5.41, 5.74) is 0.947. The number of terminal acetylenes is 1. The number of fused-ring (bicyclic) bond motifs is 1. The van der Waals surface area contributed by atoms with E-state index in [1.807, 2.05) is 6.92 Å². The number of hydrogen-bond donors (Lipinski definition) is 0. The molecule has 1 aliphatic rings. The number of halogens is 5. The molecule has 2 aromatic heterocycles. The Morgan fingerprint density at radius 3 is 2.36 bits per heavy atom. The third-order valence-electron chi connectivity index (χ3n) is 4.98. The number of amides is 1. The first-order valence-electron chi connectivity index (χ1n) is 9.97. The van der Waals surface area contributed by atoms with E-state index in [2.05, 4.69) is 24.5 Å². The minimum absolute atomic E-state index is 0. The van der Waals surface area contributed by atoms with Gasteiger partial charge < -0.3 is 12.3 Å². The van der Waals surface area contributed by atoms with Crippen molar-refractivity contribution >= 4 is 28.8 Å². The molecule has 0 spiro atoms. The standard InChI is InChI=1S/C12H10F4N2.C10H10ClNOS.C2H2.CH3.Cs/c1-2-18-7-9(11(17-18)12(14,15)16)8-5-3-4-6-10(8)13;1-3-9(13)12-4-7-6(2)10(11)14-8(7)5-12;1-2;;/h3-7H,2H2,1H3;3H,1,4-5H2,2H3;1-2H;1H3;/q;;;-1;+1. The number of carbonyl (C=O) groups is 1. The molecular weight excluding hydrogens is 635 g/mol. The summed E-state index contributed by atoms with van der Waals surface area (Å²) in [6, 6.07) is 5.35. The van der Waals surface area contributed by atoms with Gasteiger partial charge in [0.25, 0.3) is 0 Å². The molecule has 0 atom stereocenters. The van der Waals surface area contributed by atoms with Crippen LogP contribution >= 0.6 is 22.9 Å². The molecular formula is C25H25ClCsF4N3OS. The third kappa shape index (κ3) is 8.23. The molecule has 0 saturated carbocycles. The van der Waals surface area contributed by atoms with E-state index in [0.29, 0.717) is 13.1 Å². The molecule has 3 aromatic rings. The Balaban J connectivity index is 0.000000618. The van der Waals surface area contributed by atoms with Crippen LogP contribution in [0, 0.1) is 33.0 Å². The van der Waals surface area contributed by atoms with E-state index in [0.717, 1.165) is 20.6 Å². The number of thiophene rings is 1. The molecule has 1 aliphatic heterocycles. The number of hydrogen-bond acceptors (Lipinski definition) is 3. The van der Waals surface area contributed by atoms with Crippen LogP contribution in [0.5, 0.6) is 0 Å². The maximum Gasteiger partial charge on any atom is 1.00 e. The van der Waals surface area contributed by atoms with Crippen LogP contribution in [0.3, 0.4) is 0 Å². The van der Waals surface area contributed by atoms with Gasteiger partial charge >= 0.3 is 75.1 Å². The van der Waals surface area contributed by atoms with Crippen LogP contribution < -0.4 is 68.9 Å². The molecule has 188 valence electrons. The van der Waals surface area contributed by atoms with Crippen molar-refractivity contribution in [2.75, 3.05) is 0 Å². The zero-order valence-corrected chi connectivity index (χ0v) is 28.3. The van der Waals surface area contributed by atoms with E-state index >= 15 is 0 Å². The maximum absolute atomic E-state index is 13.6. The minimum atomic E-state index is -4.60. The van der Waals surface area contributed by atoms with Crippen molar-refractivity contribution in [3.05, 3.63) is 82.4 Å². The van der Waals surface area contributed by atoms with Gasteiger partial charge in [-0.1, -0.05) is 36.4 Å². The molecule has 1 aromatic carbocycles. The molecule has 3 heterocycles. The van der Waals surface area contributed by atoms with E-state index in [1.54, 1.807) is 23.2 Å². The average Bonchev–Trinajstić information content (AvgIpc) is 3.50. The van der Waals surface area contributed by atoms with Gasteiger partial charge in [-0.05, 0) is 37.1 Å². The molecule has 0 unspecified atom stereocenters. The number of aromatic nitrogens is 2. The molecule has 11 heteroatoms. The predicted octanol–water partition coefficient (Wildman–Crippen LogP) is 4.17. The van der Waals surface area contributed by atoms with Gasteiger partial charge in [-0.3, -0.25) is 9.48 Å². The first-order valence-corrected chi connectivity index (χ1v) is 11.2. The third-order valence-corrected chi connectivity index (χ3v) is 6.61. The molecule has 36 heavy (non-hydrogen) atoms. The van der Waals surface area contributed by atoms with Gasteiger partial charge in [-0.25, -0.2) is 4.39 Å². The first-order chi connectivity index (χ1) is 16.1. The topological polar surface area (TPSA) is 38.1 Å². The second-order valence-corrected chi connectivity index (χ2v) is 8.73. The summed E-state index contributed by atoms with van der Waals surface area (Å²) in [4.78, 5) is 14.3. The van der Waals surface area contributed by atoms with Crippen LogP contribution in [0.1, 0.15) is 28.6 Å². The number of carbonyl (C=O) groups excluding carboxylic acids is 1. The van der Waals surface area contributed by atoms with Crippen molar-refractivity contribution in [3.8, 4) is 24.0 Å². The number of nitrogens with zero attached hydrogens (tertiary/aromatic N) is 3. The maximum atomic E-state index is 13.6. The van der Waals surface area contributed by atoms with Crippen LogP contribution in [0.2, 0.25) is 4.34 Å². The van der Waals surface area contributed by atoms with E-state index in [1.165, 1.54) is 40.9 Å². The van der Waals surface area contributed by atoms with E-state index in [4.69, 9.17) is 11.6 Å². The average molecular weight is 660 g/mol. The summed E-state index contributed by atoms with van der Waals surface area (Å²) in [5, 5.41) is 3.44. The zero-order valence-electron chi connectivity index (χ0n) is 20.5. The number of rotatable bonds is 3. The molecule has 1 amide bonds. The summed E-state index contributed by atoms with van der Waals surface area (Å²) in [6.07, 6.45) is 5.97. The normalized spacial score (nSPS) is 11.5. The molecule has 0 radical (unpaired) electrons. The van der Waals surface area contributed by atoms with Crippen LogP contribution in [-0.4, -0.2) is 20.6 Å². The van der Waals surface area contributed by atoms with Gasteiger partial charge in [0.15, 0.2) is 5.69 Å². The van der Waals surface area contributed by atoms with Crippen LogP contribution in [0.25, 0.3) is 11.1 Å². The second-order valence-electron chi connectivity index (χ2n) is 7.03. The SMILES string of the molecule is C#C.C=CC(=O)N1Cc2sc(Cl)c(C)c2C1.CCn1cc(-c2ccccc2F)c(C(F)(F)F)n1.[CH3-].[Cs+]. The number of benzene rings is 1. The molecule has 0 fully saturated rings. The first kappa shape index (κ1) is 35.0. The fourth-order valence-corrected chi connectivity index (χ4v) is 4.73. The summed E-state index contributed by atoms with van der Waals surface area (Å²) in [6.45, 7) is 8.79. The van der Waals surface area contributed by atoms with Crippen molar-refractivity contribution in [2.45, 2.75) is 39.7 Å². The summed E-state index contributed by atoms with van der Waals surface area (Å²) in [5.74, 6) is -0.706. The summed E-state index contributed by atoms with van der Waals surface area (Å²) >= 11 is 7.58. The number of aryl methyl sites for hydroxylation is 1. The van der Waals surface area contributed by atoms with Gasteiger partial charge in [-0.15, -0.1) is 24.2 Å². The fourth-order valence-electron chi connectivity index (χ4n) is 3.28. The van der Waals surface area contributed by atoms with E-state index in [-0.39, 0.29) is 99.9 Å². The smallest absolute Gasteiger partial charge is 0.358 e. The van der Waals surface area contributed by atoms with Gasteiger partial charge in [0.05, 0.1) is 10.9 Å². The Labute approximate surface area is 277 Å². The van der Waals surface area contributed by atoms with E-state index < -0.39 is 17.7 Å². The van der Waals surface area contributed by atoms with Crippen LogP contribution in [0.15, 0.2) is 43.1 Å². The molecule has 0 N–H and O–H groups in total. The van der Waals surface area contributed by atoms with Gasteiger partial charge in [0.1, 0.15) is 5.82 Å². The summed E-state index contributed by atoms with van der Waals surface area (Å²) in [7, 11) is 0. The molecule has 0 aliphatic carbocycles. The monoisotopic (exact) mass is 659 g/mol. The van der Waals surface area contributed by atoms with Crippen molar-refractivity contribution in [2.24, 2.45) is 0 Å². The molecule has 4 nitrogen and oxygen atoms in total. The Bertz CT molecular complexity index is 1200. The number of alkyl halides is 3. The molecule has 0 bridgehead atoms. The minimum Gasteiger partial charge on any atom is -0.358 e. The fraction of sp³-hybridized carbons (Fsp3) is 0.240.